The largest absolute Gasteiger partial charge is 0.386 e. The lowest BCUT2D eigenvalue weighted by molar-refractivity contribution is -0.233. The standard InChI is InChI=1S/C16H17NO3/c18-15-14(13-9-5-2-6-10-13)17(20-16(15)19)11-12-7-3-1-4-8-12/h1-10,14-16,18-19H,11H2/t14-,15-,16?/m1/s1. The zero-order valence-corrected chi connectivity index (χ0v) is 11.0. The fourth-order valence-corrected chi connectivity index (χ4v) is 2.51. The average molecular weight is 271 g/mol. The van der Waals surface area contributed by atoms with Crippen LogP contribution in [0.25, 0.3) is 0 Å². The summed E-state index contributed by atoms with van der Waals surface area (Å²) in [6, 6.07) is 19.1. The molecule has 3 atom stereocenters. The molecule has 4 heteroatoms. The summed E-state index contributed by atoms with van der Waals surface area (Å²) in [5.74, 6) is 0. The molecule has 20 heavy (non-hydrogen) atoms. The van der Waals surface area contributed by atoms with Gasteiger partial charge in [0.15, 0.2) is 0 Å². The number of hydroxylamine groups is 2. The molecule has 4 nitrogen and oxygen atoms in total. The maximum absolute atomic E-state index is 10.1. The number of benzene rings is 2. The number of hydrogen-bond donors (Lipinski definition) is 2. The van der Waals surface area contributed by atoms with E-state index < -0.39 is 12.4 Å². The first kappa shape index (κ1) is 13.3. The van der Waals surface area contributed by atoms with Crippen molar-refractivity contribution in [3.8, 4) is 0 Å². The van der Waals surface area contributed by atoms with E-state index in [1.165, 1.54) is 0 Å². The van der Waals surface area contributed by atoms with Gasteiger partial charge in [0.25, 0.3) is 0 Å². The van der Waals surface area contributed by atoms with Crippen LogP contribution in [0.15, 0.2) is 60.7 Å². The van der Waals surface area contributed by atoms with Crippen molar-refractivity contribution in [3.63, 3.8) is 0 Å². The van der Waals surface area contributed by atoms with Gasteiger partial charge in [0, 0.05) is 0 Å². The van der Waals surface area contributed by atoms with E-state index in [0.717, 1.165) is 11.1 Å². The topological polar surface area (TPSA) is 52.9 Å². The normalized spacial score (nSPS) is 26.8. The summed E-state index contributed by atoms with van der Waals surface area (Å²) in [6.45, 7) is 0.508. The molecular weight excluding hydrogens is 254 g/mol. The van der Waals surface area contributed by atoms with Crippen LogP contribution >= 0.6 is 0 Å². The first-order chi connectivity index (χ1) is 9.75. The van der Waals surface area contributed by atoms with Gasteiger partial charge in [0.2, 0.25) is 6.29 Å². The van der Waals surface area contributed by atoms with Crippen molar-refractivity contribution < 1.29 is 15.1 Å². The van der Waals surface area contributed by atoms with E-state index in [0.29, 0.717) is 6.54 Å². The zero-order valence-electron chi connectivity index (χ0n) is 11.0. The summed E-state index contributed by atoms with van der Waals surface area (Å²) in [4.78, 5) is 5.38. The molecule has 3 rings (SSSR count). The zero-order chi connectivity index (χ0) is 13.9. The quantitative estimate of drug-likeness (QED) is 0.894. The number of rotatable bonds is 3. The Morgan fingerprint density at radius 1 is 0.900 bits per heavy atom. The van der Waals surface area contributed by atoms with Crippen molar-refractivity contribution in [2.75, 3.05) is 0 Å². The molecule has 1 unspecified atom stereocenters. The van der Waals surface area contributed by atoms with Crippen LogP contribution in [0.2, 0.25) is 0 Å². The molecule has 1 saturated heterocycles. The third kappa shape index (κ3) is 2.59. The Bertz CT molecular complexity index is 546. The number of aliphatic hydroxyl groups is 2. The molecule has 0 aromatic heterocycles. The Hall–Kier alpha value is -1.72. The monoisotopic (exact) mass is 271 g/mol. The highest BCUT2D eigenvalue weighted by molar-refractivity contribution is 5.22. The van der Waals surface area contributed by atoms with Gasteiger partial charge < -0.3 is 10.2 Å². The Morgan fingerprint density at radius 2 is 1.50 bits per heavy atom. The van der Waals surface area contributed by atoms with Crippen molar-refractivity contribution >= 4 is 0 Å². The van der Waals surface area contributed by atoms with E-state index in [1.54, 1.807) is 5.06 Å². The molecule has 2 aromatic carbocycles. The van der Waals surface area contributed by atoms with Crippen molar-refractivity contribution in [2.24, 2.45) is 0 Å². The lowest BCUT2D eigenvalue weighted by Gasteiger charge is -2.23. The van der Waals surface area contributed by atoms with Gasteiger partial charge in [-0.05, 0) is 11.1 Å². The van der Waals surface area contributed by atoms with Crippen LogP contribution < -0.4 is 0 Å². The van der Waals surface area contributed by atoms with Gasteiger partial charge in [0.05, 0.1) is 12.6 Å². The molecule has 0 saturated carbocycles. The molecule has 1 heterocycles. The summed E-state index contributed by atoms with van der Waals surface area (Å²) < 4.78 is 0. The van der Waals surface area contributed by atoms with E-state index in [2.05, 4.69) is 0 Å². The molecule has 0 spiro atoms. The molecule has 2 N–H and O–H groups in total. The molecule has 0 aliphatic carbocycles. The van der Waals surface area contributed by atoms with Crippen molar-refractivity contribution in [3.05, 3.63) is 71.8 Å². The Balaban J connectivity index is 1.85. The minimum Gasteiger partial charge on any atom is -0.386 e. The molecule has 2 aromatic rings. The van der Waals surface area contributed by atoms with Gasteiger partial charge in [-0.1, -0.05) is 60.7 Å². The molecule has 0 bridgehead atoms. The predicted molar refractivity (Wildman–Crippen MR) is 74.3 cm³/mol. The van der Waals surface area contributed by atoms with Gasteiger partial charge in [-0.25, -0.2) is 0 Å². The van der Waals surface area contributed by atoms with Gasteiger partial charge in [-0.15, -0.1) is 0 Å². The summed E-state index contributed by atoms with van der Waals surface area (Å²) in [5, 5.41) is 21.5. The van der Waals surface area contributed by atoms with Crippen LogP contribution in [-0.2, 0) is 11.4 Å². The predicted octanol–water partition coefficient (Wildman–Crippen LogP) is 1.85. The van der Waals surface area contributed by atoms with Crippen LogP contribution in [0.1, 0.15) is 17.2 Å². The van der Waals surface area contributed by atoms with Gasteiger partial charge in [-0.3, -0.25) is 4.84 Å². The molecular formula is C16H17NO3. The van der Waals surface area contributed by atoms with Crippen molar-refractivity contribution in [1.82, 2.24) is 5.06 Å². The molecule has 0 radical (unpaired) electrons. The smallest absolute Gasteiger partial charge is 0.203 e. The van der Waals surface area contributed by atoms with Gasteiger partial charge in [-0.2, -0.15) is 5.06 Å². The Labute approximate surface area is 117 Å². The maximum Gasteiger partial charge on any atom is 0.203 e. The van der Waals surface area contributed by atoms with Crippen LogP contribution in [0, 0.1) is 0 Å². The van der Waals surface area contributed by atoms with E-state index in [-0.39, 0.29) is 6.04 Å². The second-order valence-corrected chi connectivity index (χ2v) is 4.90. The maximum atomic E-state index is 10.1. The lowest BCUT2D eigenvalue weighted by Crippen LogP contribution is -2.27. The summed E-state index contributed by atoms with van der Waals surface area (Å²) in [6.07, 6.45) is -2.15. The fraction of sp³-hybridized carbons (Fsp3) is 0.250. The number of hydrogen-bond acceptors (Lipinski definition) is 4. The first-order valence-electron chi connectivity index (χ1n) is 6.64. The SMILES string of the molecule is OC1ON(Cc2ccccc2)[C@H](c2ccccc2)[C@H]1O. The Kier molecular flexibility index (Phi) is 3.80. The van der Waals surface area contributed by atoms with E-state index >= 15 is 0 Å². The minimum atomic E-state index is -1.19. The molecule has 1 aliphatic rings. The van der Waals surface area contributed by atoms with Crippen LogP contribution in [0.4, 0.5) is 0 Å². The summed E-state index contributed by atoms with van der Waals surface area (Å²) in [5.41, 5.74) is 1.99. The highest BCUT2D eigenvalue weighted by atomic mass is 16.8. The summed E-state index contributed by atoms with van der Waals surface area (Å²) in [7, 11) is 0. The minimum absolute atomic E-state index is 0.369. The van der Waals surface area contributed by atoms with Crippen molar-refractivity contribution in [1.29, 1.82) is 0 Å². The Morgan fingerprint density at radius 3 is 2.15 bits per heavy atom. The van der Waals surface area contributed by atoms with Crippen LogP contribution in [0.5, 0.6) is 0 Å². The number of nitrogens with zero attached hydrogens (tertiary/aromatic N) is 1. The second kappa shape index (κ2) is 5.73. The average Bonchev–Trinajstić information content (AvgIpc) is 2.76. The molecule has 104 valence electrons. The summed E-state index contributed by atoms with van der Waals surface area (Å²) >= 11 is 0. The fourth-order valence-electron chi connectivity index (χ4n) is 2.51. The highest BCUT2D eigenvalue weighted by Gasteiger charge is 2.42. The molecule has 0 amide bonds. The molecule has 1 fully saturated rings. The van der Waals surface area contributed by atoms with E-state index in [9.17, 15) is 10.2 Å². The van der Waals surface area contributed by atoms with Gasteiger partial charge in [0.1, 0.15) is 6.10 Å². The number of aliphatic hydroxyl groups excluding tert-OH is 2. The van der Waals surface area contributed by atoms with Crippen LogP contribution in [-0.4, -0.2) is 27.7 Å². The second-order valence-electron chi connectivity index (χ2n) is 4.90. The van der Waals surface area contributed by atoms with Crippen LogP contribution in [0.3, 0.4) is 0 Å². The molecule has 1 aliphatic heterocycles. The third-order valence-corrected chi connectivity index (χ3v) is 3.49. The van der Waals surface area contributed by atoms with Crippen molar-refractivity contribution in [2.45, 2.75) is 25.0 Å². The third-order valence-electron chi connectivity index (χ3n) is 3.49. The van der Waals surface area contributed by atoms with E-state index in [1.807, 2.05) is 60.7 Å². The van der Waals surface area contributed by atoms with Gasteiger partial charge >= 0.3 is 0 Å². The lowest BCUT2D eigenvalue weighted by atomic mass is 10.0. The van der Waals surface area contributed by atoms with E-state index in [4.69, 9.17) is 4.84 Å². The first-order valence-corrected chi connectivity index (χ1v) is 6.64. The highest BCUT2D eigenvalue weighted by Crippen LogP contribution is 2.34.